The van der Waals surface area contributed by atoms with E-state index in [-0.39, 0.29) is 35.7 Å². The van der Waals surface area contributed by atoms with Crippen LogP contribution >= 0.6 is 0 Å². The molecule has 3 aromatic rings. The number of nitrogens with one attached hydrogen (secondary N) is 1. The molecular weight excluding hydrogens is 365 g/mol. The molecule has 10 heteroatoms. The molecule has 5 rings (SSSR count). The number of halogens is 1. The highest BCUT2D eigenvalue weighted by atomic mass is 19.1. The first kappa shape index (κ1) is 16.4. The maximum Gasteiger partial charge on any atom is 0.243 e. The van der Waals surface area contributed by atoms with Gasteiger partial charge in [0.05, 0.1) is 12.1 Å². The van der Waals surface area contributed by atoms with Crippen LogP contribution in [-0.4, -0.2) is 36.6 Å². The number of aromatic hydroxyl groups is 1. The minimum absolute atomic E-state index is 0.0379. The lowest BCUT2D eigenvalue weighted by Crippen LogP contribution is -2.42. The van der Waals surface area contributed by atoms with Crippen LogP contribution in [0.25, 0.3) is 11.5 Å². The Kier molecular flexibility index (Phi) is 3.12. The van der Waals surface area contributed by atoms with Crippen molar-refractivity contribution < 1.29 is 14.3 Å². The van der Waals surface area contributed by atoms with E-state index < -0.39 is 11.2 Å². The summed E-state index contributed by atoms with van der Waals surface area (Å²) in [5.41, 5.74) is 6.04. The summed E-state index contributed by atoms with van der Waals surface area (Å²) in [6.45, 7) is 1.71. The van der Waals surface area contributed by atoms with Crippen LogP contribution in [0.4, 0.5) is 16.0 Å². The van der Waals surface area contributed by atoms with E-state index in [1.165, 1.54) is 16.8 Å². The predicted molar refractivity (Wildman–Crippen MR) is 97.7 cm³/mol. The number of anilines is 1. The van der Waals surface area contributed by atoms with Gasteiger partial charge >= 0.3 is 0 Å². The van der Waals surface area contributed by atoms with E-state index in [2.05, 4.69) is 25.4 Å². The van der Waals surface area contributed by atoms with Crippen LogP contribution in [0, 0.1) is 5.82 Å². The lowest BCUT2D eigenvalue weighted by Gasteiger charge is -2.14. The molecule has 0 radical (unpaired) electrons. The average Bonchev–Trinajstić information content (AvgIpc) is 3.24. The summed E-state index contributed by atoms with van der Waals surface area (Å²) in [4.78, 5) is 25.2. The van der Waals surface area contributed by atoms with Gasteiger partial charge in [0, 0.05) is 11.6 Å². The molecule has 0 fully saturated rings. The zero-order valence-corrected chi connectivity index (χ0v) is 14.6. The van der Waals surface area contributed by atoms with Crippen molar-refractivity contribution >= 4 is 23.4 Å². The van der Waals surface area contributed by atoms with E-state index >= 15 is 0 Å². The number of amidine groups is 1. The number of hydrogen-bond donors (Lipinski definition) is 3. The molecule has 0 aliphatic carbocycles. The second kappa shape index (κ2) is 5.35. The molecule has 2 aliphatic heterocycles. The molecule has 4 heterocycles. The number of carbonyl (C=O) groups excluding carboxylic acids is 1. The van der Waals surface area contributed by atoms with E-state index in [4.69, 9.17) is 5.73 Å². The molecule has 0 saturated heterocycles. The molecule has 1 aromatic carbocycles. The summed E-state index contributed by atoms with van der Waals surface area (Å²) in [5, 5.41) is 17.2. The Balaban J connectivity index is 1.56. The van der Waals surface area contributed by atoms with Gasteiger partial charge in [0.15, 0.2) is 11.6 Å². The summed E-state index contributed by atoms with van der Waals surface area (Å²) >= 11 is 0. The smallest absolute Gasteiger partial charge is 0.243 e. The summed E-state index contributed by atoms with van der Waals surface area (Å²) in [7, 11) is 0. The number of rotatable bonds is 3. The summed E-state index contributed by atoms with van der Waals surface area (Å²) in [6.07, 6.45) is 0. The first-order chi connectivity index (χ1) is 13.4. The van der Waals surface area contributed by atoms with Crippen LogP contribution in [-0.2, 0) is 16.8 Å². The SMILES string of the molecule is CC12C(=O)Nc3nc(-c4cc(O)n(Cc5ccccc5F)n4)nc(c31)N=C2N. The quantitative estimate of drug-likeness (QED) is 0.631. The first-order valence-electron chi connectivity index (χ1n) is 8.47. The zero-order chi connectivity index (χ0) is 19.6. The first-order valence-corrected chi connectivity index (χ1v) is 8.47. The van der Waals surface area contributed by atoms with Crippen LogP contribution < -0.4 is 11.1 Å². The molecule has 1 amide bonds. The van der Waals surface area contributed by atoms with Crippen LogP contribution in [0.2, 0.25) is 0 Å². The Labute approximate surface area is 157 Å². The monoisotopic (exact) mass is 379 g/mol. The number of aromatic nitrogens is 4. The molecule has 0 bridgehead atoms. The maximum atomic E-state index is 13.9. The zero-order valence-electron chi connectivity index (χ0n) is 14.6. The second-order valence-corrected chi connectivity index (χ2v) is 6.81. The van der Waals surface area contributed by atoms with Gasteiger partial charge in [-0.3, -0.25) is 4.79 Å². The van der Waals surface area contributed by atoms with Gasteiger partial charge in [-0.05, 0) is 13.0 Å². The number of benzene rings is 1. The third-order valence-electron chi connectivity index (χ3n) is 5.08. The van der Waals surface area contributed by atoms with Crippen molar-refractivity contribution in [3.63, 3.8) is 0 Å². The standard InChI is InChI=1S/C18H14FN7O2/c1-18-12-14(23-16(18)20)21-13(22-15(12)24-17(18)28)10-6-11(27)26(25-10)7-8-4-2-3-5-9(8)19/h2-6,27H,7H2,1H3,(H3,20,21,22,23,24,28). The third-order valence-corrected chi connectivity index (χ3v) is 5.08. The molecule has 9 nitrogen and oxygen atoms in total. The van der Waals surface area contributed by atoms with E-state index in [9.17, 15) is 14.3 Å². The number of nitrogens with two attached hydrogens (primary N) is 1. The van der Waals surface area contributed by atoms with Gasteiger partial charge in [-0.1, -0.05) is 18.2 Å². The molecule has 2 aromatic heterocycles. The molecule has 0 saturated carbocycles. The fourth-order valence-corrected chi connectivity index (χ4v) is 3.43. The molecule has 140 valence electrons. The van der Waals surface area contributed by atoms with Crippen molar-refractivity contribution in [2.75, 3.05) is 5.32 Å². The van der Waals surface area contributed by atoms with E-state index in [0.717, 1.165) is 0 Å². The number of aliphatic imine (C=N–C) groups is 1. The molecular formula is C18H14FN7O2. The summed E-state index contributed by atoms with van der Waals surface area (Å²) < 4.78 is 15.1. The molecule has 1 atom stereocenters. The van der Waals surface area contributed by atoms with Crippen LogP contribution in [0.1, 0.15) is 18.1 Å². The fourth-order valence-electron chi connectivity index (χ4n) is 3.43. The van der Waals surface area contributed by atoms with Crippen molar-refractivity contribution in [1.29, 1.82) is 0 Å². The molecule has 2 aliphatic rings. The largest absolute Gasteiger partial charge is 0.493 e. The predicted octanol–water partition coefficient (Wildman–Crippen LogP) is 1.45. The van der Waals surface area contributed by atoms with Crippen molar-refractivity contribution in [3.05, 3.63) is 47.3 Å². The molecule has 4 N–H and O–H groups in total. The molecule has 28 heavy (non-hydrogen) atoms. The van der Waals surface area contributed by atoms with Crippen LogP contribution in [0.15, 0.2) is 35.3 Å². The summed E-state index contributed by atoms with van der Waals surface area (Å²) in [6, 6.07) is 7.60. The van der Waals surface area contributed by atoms with Gasteiger partial charge in [-0.25, -0.2) is 24.0 Å². The minimum Gasteiger partial charge on any atom is -0.493 e. The van der Waals surface area contributed by atoms with E-state index in [1.54, 1.807) is 25.1 Å². The Hall–Kier alpha value is -3.82. The van der Waals surface area contributed by atoms with E-state index in [0.29, 0.717) is 22.8 Å². The Morgan fingerprint density at radius 1 is 1.32 bits per heavy atom. The van der Waals surface area contributed by atoms with Crippen molar-refractivity contribution in [1.82, 2.24) is 19.7 Å². The molecule has 0 spiro atoms. The second-order valence-electron chi connectivity index (χ2n) is 6.81. The van der Waals surface area contributed by atoms with Gasteiger partial charge in [0.1, 0.15) is 28.6 Å². The topological polar surface area (TPSA) is 131 Å². The normalized spacial score (nSPS) is 19.5. The van der Waals surface area contributed by atoms with Gasteiger partial charge in [-0.15, -0.1) is 0 Å². The Morgan fingerprint density at radius 2 is 2.11 bits per heavy atom. The van der Waals surface area contributed by atoms with Crippen molar-refractivity contribution in [3.8, 4) is 17.4 Å². The minimum atomic E-state index is -1.07. The number of hydrogen-bond acceptors (Lipinski definition) is 7. The fraction of sp³-hybridized carbons (Fsp3) is 0.167. The van der Waals surface area contributed by atoms with Gasteiger partial charge < -0.3 is 16.2 Å². The van der Waals surface area contributed by atoms with Crippen molar-refractivity contribution in [2.24, 2.45) is 10.7 Å². The van der Waals surface area contributed by atoms with Crippen molar-refractivity contribution in [2.45, 2.75) is 18.9 Å². The van der Waals surface area contributed by atoms with Gasteiger partial charge in [0.25, 0.3) is 0 Å². The van der Waals surface area contributed by atoms with Crippen LogP contribution in [0.3, 0.4) is 0 Å². The third kappa shape index (κ3) is 2.08. The highest BCUT2D eigenvalue weighted by molar-refractivity contribution is 6.24. The molecule has 1 unspecified atom stereocenters. The lowest BCUT2D eigenvalue weighted by atomic mass is 9.85. The number of amides is 1. The summed E-state index contributed by atoms with van der Waals surface area (Å²) in [5.74, 6) is 0.0454. The lowest BCUT2D eigenvalue weighted by molar-refractivity contribution is -0.118. The van der Waals surface area contributed by atoms with E-state index in [1.807, 2.05) is 0 Å². The number of nitrogens with zero attached hydrogens (tertiary/aromatic N) is 5. The number of carbonyl (C=O) groups is 1. The highest BCUT2D eigenvalue weighted by Gasteiger charge is 2.53. The maximum absolute atomic E-state index is 13.9. The van der Waals surface area contributed by atoms with Gasteiger partial charge in [0.2, 0.25) is 11.8 Å². The average molecular weight is 379 g/mol. The highest BCUT2D eigenvalue weighted by Crippen LogP contribution is 2.47. The van der Waals surface area contributed by atoms with Gasteiger partial charge in [-0.2, -0.15) is 5.10 Å². The Morgan fingerprint density at radius 3 is 2.89 bits per heavy atom. The Bertz CT molecular complexity index is 1200. The van der Waals surface area contributed by atoms with Crippen LogP contribution in [0.5, 0.6) is 5.88 Å².